The van der Waals surface area contributed by atoms with E-state index >= 15 is 0 Å². The van der Waals surface area contributed by atoms with E-state index in [2.05, 4.69) is 15.0 Å². The summed E-state index contributed by atoms with van der Waals surface area (Å²) in [4.78, 5) is 4.39. The molecular weight excluding hydrogens is 438 g/mol. The highest BCUT2D eigenvalue weighted by Gasteiger charge is 2.40. The molecule has 4 rings (SSSR count). The number of amidine groups is 2. The fraction of sp³-hybridized carbons (Fsp3) is 0.304. The number of aromatic amines is 1. The van der Waals surface area contributed by atoms with Crippen molar-refractivity contribution in [2.45, 2.75) is 46.5 Å². The van der Waals surface area contributed by atoms with Crippen LogP contribution in [0.1, 0.15) is 31.9 Å². The topological polar surface area (TPSA) is 88.0 Å². The Kier molecular flexibility index (Phi) is 4.95. The molecule has 0 bridgehead atoms. The third-order valence-corrected chi connectivity index (χ3v) is 5.78. The molecule has 174 valence electrons. The van der Waals surface area contributed by atoms with Gasteiger partial charge in [-0.2, -0.15) is 0 Å². The average molecular weight is 461 g/mol. The number of aromatic nitrogens is 1. The second-order valence-electron chi connectivity index (χ2n) is 8.69. The van der Waals surface area contributed by atoms with E-state index in [9.17, 15) is 17.6 Å². The summed E-state index contributed by atoms with van der Waals surface area (Å²) in [6, 6.07) is 3.67. The first-order valence-corrected chi connectivity index (χ1v) is 10.1. The number of rotatable bonds is 2. The summed E-state index contributed by atoms with van der Waals surface area (Å²) in [7, 11) is 0. The van der Waals surface area contributed by atoms with Crippen molar-refractivity contribution < 1.29 is 22.3 Å². The number of nitrogens with one attached hydrogen (secondary N) is 4. The van der Waals surface area contributed by atoms with E-state index in [4.69, 9.17) is 10.8 Å². The molecule has 1 aromatic heterocycles. The summed E-state index contributed by atoms with van der Waals surface area (Å²) < 4.78 is 59.2. The van der Waals surface area contributed by atoms with Gasteiger partial charge in [-0.3, -0.25) is 15.7 Å². The lowest BCUT2D eigenvalue weighted by molar-refractivity contribution is -0.274. The smallest absolute Gasteiger partial charge is 0.405 e. The first kappa shape index (κ1) is 22.6. The highest BCUT2D eigenvalue weighted by Crippen LogP contribution is 2.49. The van der Waals surface area contributed by atoms with E-state index in [-0.39, 0.29) is 28.5 Å². The van der Waals surface area contributed by atoms with Gasteiger partial charge in [0.25, 0.3) is 0 Å². The maximum atomic E-state index is 14.6. The number of hydrogen-bond donors (Lipinski definition) is 4. The summed E-state index contributed by atoms with van der Waals surface area (Å²) in [5, 5.41) is 20.4. The maximum absolute atomic E-state index is 14.6. The molecule has 0 amide bonds. The second-order valence-corrected chi connectivity index (χ2v) is 8.69. The van der Waals surface area contributed by atoms with Gasteiger partial charge in [-0.05, 0) is 57.9 Å². The van der Waals surface area contributed by atoms with Crippen LogP contribution in [0.25, 0.3) is 22.0 Å². The average Bonchev–Trinajstić information content (AvgIpc) is 3.02. The molecule has 0 aliphatic carbocycles. The predicted octanol–water partition coefficient (Wildman–Crippen LogP) is 6.47. The molecule has 0 atom stereocenters. The van der Waals surface area contributed by atoms with Crippen LogP contribution in [-0.2, 0) is 0 Å². The summed E-state index contributed by atoms with van der Waals surface area (Å²) in [5.41, 5.74) is 1.39. The molecular formula is C23H23F4N5O. The SMILES string of the molecule is CC(=N)N1C(=N)C(C)(C)Nc2cc(OC(F)(F)F)c(-c3cc(F)cc4c(C)c[nH]c34)c(C)c21. The van der Waals surface area contributed by atoms with Gasteiger partial charge in [-0.1, -0.05) is 0 Å². The largest absolute Gasteiger partial charge is 0.573 e. The van der Waals surface area contributed by atoms with E-state index < -0.39 is 23.5 Å². The van der Waals surface area contributed by atoms with Gasteiger partial charge < -0.3 is 15.0 Å². The Bertz CT molecular complexity index is 1320. The molecule has 0 saturated carbocycles. The van der Waals surface area contributed by atoms with Crippen molar-refractivity contribution in [1.29, 1.82) is 10.8 Å². The molecule has 4 N–H and O–H groups in total. The molecule has 10 heteroatoms. The van der Waals surface area contributed by atoms with E-state index in [0.717, 1.165) is 11.6 Å². The first-order chi connectivity index (χ1) is 15.2. The minimum Gasteiger partial charge on any atom is -0.405 e. The highest BCUT2D eigenvalue weighted by atomic mass is 19.4. The highest BCUT2D eigenvalue weighted by molar-refractivity contribution is 6.24. The minimum atomic E-state index is -4.98. The monoisotopic (exact) mass is 461 g/mol. The molecule has 0 fully saturated rings. The van der Waals surface area contributed by atoms with Crippen molar-refractivity contribution in [1.82, 2.24) is 4.98 Å². The Morgan fingerprint density at radius 1 is 1.15 bits per heavy atom. The number of nitrogens with zero attached hydrogens (tertiary/aromatic N) is 1. The van der Waals surface area contributed by atoms with Gasteiger partial charge >= 0.3 is 6.36 Å². The van der Waals surface area contributed by atoms with Gasteiger partial charge in [0.2, 0.25) is 0 Å². The number of hydrogen-bond acceptors (Lipinski definition) is 4. The van der Waals surface area contributed by atoms with Crippen LogP contribution in [0.3, 0.4) is 0 Å². The zero-order valence-corrected chi connectivity index (χ0v) is 18.7. The van der Waals surface area contributed by atoms with Crippen molar-refractivity contribution >= 4 is 33.9 Å². The van der Waals surface area contributed by atoms with E-state index in [1.54, 1.807) is 33.9 Å². The number of anilines is 2. The molecule has 1 aliphatic heterocycles. The van der Waals surface area contributed by atoms with Gasteiger partial charge in [0.15, 0.2) is 0 Å². The standard InChI is InChI=1S/C23H23F4N5O/c1-10-9-30-19-14(10)6-13(24)7-15(19)18-11(2)20-16(8-17(18)33-23(25,26)27)31-22(4,5)21(29)32(20)12(3)28/h6-9,28-31H,1-5H3. The third kappa shape index (κ3) is 3.69. The number of alkyl halides is 3. The predicted molar refractivity (Wildman–Crippen MR) is 121 cm³/mol. The number of fused-ring (bicyclic) bond motifs is 2. The minimum absolute atomic E-state index is 0.0227. The fourth-order valence-corrected chi connectivity index (χ4v) is 4.35. The molecule has 6 nitrogen and oxygen atoms in total. The lowest BCUT2D eigenvalue weighted by Gasteiger charge is -2.43. The zero-order chi connectivity index (χ0) is 24.5. The lowest BCUT2D eigenvalue weighted by Crippen LogP contribution is -2.55. The van der Waals surface area contributed by atoms with Gasteiger partial charge in [0.1, 0.15) is 23.2 Å². The summed E-state index contributed by atoms with van der Waals surface area (Å²) in [5.74, 6) is -1.03. The quantitative estimate of drug-likeness (QED) is 0.200. The molecule has 33 heavy (non-hydrogen) atoms. The number of benzene rings is 2. The van der Waals surface area contributed by atoms with Gasteiger partial charge in [0.05, 0.1) is 22.4 Å². The van der Waals surface area contributed by atoms with Crippen LogP contribution in [0, 0.1) is 30.5 Å². The molecule has 0 saturated heterocycles. The van der Waals surface area contributed by atoms with Crippen molar-refractivity contribution in [3.8, 4) is 16.9 Å². The first-order valence-electron chi connectivity index (χ1n) is 10.1. The Labute approximate surface area is 187 Å². The summed E-state index contributed by atoms with van der Waals surface area (Å²) in [6.07, 6.45) is -3.33. The van der Waals surface area contributed by atoms with Crippen molar-refractivity contribution in [2.24, 2.45) is 0 Å². The molecule has 1 aliphatic rings. The normalized spacial score (nSPS) is 15.4. The van der Waals surface area contributed by atoms with Gasteiger partial charge in [-0.15, -0.1) is 13.2 Å². The molecule has 0 unspecified atom stereocenters. The number of halogens is 4. The van der Waals surface area contributed by atoms with Crippen LogP contribution in [-0.4, -0.2) is 28.6 Å². The fourth-order valence-electron chi connectivity index (χ4n) is 4.35. The third-order valence-electron chi connectivity index (χ3n) is 5.78. The Morgan fingerprint density at radius 2 is 1.82 bits per heavy atom. The van der Waals surface area contributed by atoms with Gasteiger partial charge in [0, 0.05) is 28.8 Å². The van der Waals surface area contributed by atoms with E-state index in [0.29, 0.717) is 22.2 Å². The maximum Gasteiger partial charge on any atom is 0.573 e. The van der Waals surface area contributed by atoms with Crippen molar-refractivity contribution in [3.63, 3.8) is 0 Å². The molecule has 3 aromatic rings. The van der Waals surface area contributed by atoms with Crippen molar-refractivity contribution in [3.05, 3.63) is 41.3 Å². The van der Waals surface area contributed by atoms with Crippen molar-refractivity contribution in [2.75, 3.05) is 10.2 Å². The van der Waals surface area contributed by atoms with Crippen LogP contribution < -0.4 is 15.0 Å². The van der Waals surface area contributed by atoms with Crippen LogP contribution in [0.4, 0.5) is 28.9 Å². The van der Waals surface area contributed by atoms with E-state index in [1.165, 1.54) is 24.0 Å². The van der Waals surface area contributed by atoms with Crippen LogP contribution in [0.5, 0.6) is 5.75 Å². The van der Waals surface area contributed by atoms with Gasteiger partial charge in [-0.25, -0.2) is 4.39 Å². The molecule has 2 heterocycles. The number of aryl methyl sites for hydroxylation is 1. The molecule has 2 aromatic carbocycles. The lowest BCUT2D eigenvalue weighted by atomic mass is 9.90. The van der Waals surface area contributed by atoms with Crippen LogP contribution in [0.2, 0.25) is 0 Å². The second kappa shape index (κ2) is 7.23. The Hall–Kier alpha value is -3.56. The zero-order valence-electron chi connectivity index (χ0n) is 18.7. The van der Waals surface area contributed by atoms with Crippen LogP contribution in [0.15, 0.2) is 24.4 Å². The molecule has 0 spiro atoms. The number of H-pyrrole nitrogens is 1. The Balaban J connectivity index is 2.12. The number of ether oxygens (including phenoxy) is 1. The van der Waals surface area contributed by atoms with Crippen LogP contribution >= 0.6 is 0 Å². The van der Waals surface area contributed by atoms with E-state index in [1.807, 2.05) is 0 Å². The summed E-state index contributed by atoms with van der Waals surface area (Å²) >= 11 is 0. The summed E-state index contributed by atoms with van der Waals surface area (Å²) in [6.45, 7) is 8.22. The Morgan fingerprint density at radius 3 is 2.42 bits per heavy atom. The molecule has 0 radical (unpaired) electrons.